The number of methoxy groups -OCH3 is 1. The number of rotatable bonds is 3. The highest BCUT2D eigenvalue weighted by Gasteiger charge is 2.41. The summed E-state index contributed by atoms with van der Waals surface area (Å²) in [5.74, 6) is 0.308. The Morgan fingerprint density at radius 1 is 1.17 bits per heavy atom. The largest absolute Gasteiger partial charge is 0.378 e. The lowest BCUT2D eigenvalue weighted by Gasteiger charge is -2.41. The molecule has 5 heteroatoms. The Labute approximate surface area is 143 Å². The van der Waals surface area contributed by atoms with Gasteiger partial charge in [0.15, 0.2) is 0 Å². The Balaban J connectivity index is 1.92. The number of fused-ring (bicyclic) bond motifs is 1. The zero-order valence-corrected chi connectivity index (χ0v) is 14.7. The molecule has 1 saturated carbocycles. The molecular formula is C19H26N2O3. The molecule has 1 atom stereocenters. The molecule has 0 spiro atoms. The standard InChI is InChI=1S/C19H26N2O3/c1-14-12-20(15(2)22)16-7-4-5-8-17(16)21(13-14)18(23)11-19(24-3)9-6-10-19/h4-5,7-8,14H,6,9-13H2,1-3H3. The van der Waals surface area contributed by atoms with Crippen molar-refractivity contribution in [3.8, 4) is 0 Å². The lowest BCUT2D eigenvalue weighted by atomic mass is 9.77. The van der Waals surface area contributed by atoms with Crippen molar-refractivity contribution in [2.24, 2.45) is 5.92 Å². The van der Waals surface area contributed by atoms with Gasteiger partial charge in [-0.05, 0) is 37.3 Å². The number of hydrogen-bond donors (Lipinski definition) is 0. The van der Waals surface area contributed by atoms with Gasteiger partial charge in [0.1, 0.15) is 0 Å². The van der Waals surface area contributed by atoms with Gasteiger partial charge in [-0.15, -0.1) is 0 Å². The summed E-state index contributed by atoms with van der Waals surface area (Å²) in [6.45, 7) is 4.91. The van der Waals surface area contributed by atoms with Crippen LogP contribution in [0.5, 0.6) is 0 Å². The van der Waals surface area contributed by atoms with Crippen LogP contribution in [0.1, 0.15) is 39.5 Å². The number of carbonyl (C=O) groups is 2. The molecular weight excluding hydrogens is 304 g/mol. The molecule has 0 N–H and O–H groups in total. The molecule has 130 valence electrons. The number of nitrogens with zero attached hydrogens (tertiary/aromatic N) is 2. The second kappa shape index (κ2) is 6.55. The average molecular weight is 330 g/mol. The van der Waals surface area contributed by atoms with Crippen LogP contribution in [0, 0.1) is 5.92 Å². The molecule has 0 bridgehead atoms. The molecule has 1 fully saturated rings. The van der Waals surface area contributed by atoms with Gasteiger partial charge in [0.05, 0.1) is 23.4 Å². The predicted octanol–water partition coefficient (Wildman–Crippen LogP) is 2.98. The van der Waals surface area contributed by atoms with E-state index in [2.05, 4.69) is 6.92 Å². The van der Waals surface area contributed by atoms with E-state index in [0.717, 1.165) is 30.6 Å². The molecule has 1 aromatic carbocycles. The topological polar surface area (TPSA) is 49.9 Å². The minimum atomic E-state index is -0.290. The number of para-hydroxylation sites is 2. The van der Waals surface area contributed by atoms with Gasteiger partial charge in [-0.3, -0.25) is 9.59 Å². The molecule has 1 aromatic rings. The fourth-order valence-electron chi connectivity index (χ4n) is 3.73. The molecule has 5 nitrogen and oxygen atoms in total. The third-order valence-electron chi connectivity index (χ3n) is 5.30. The summed E-state index contributed by atoms with van der Waals surface area (Å²) < 4.78 is 5.63. The second-order valence-electron chi connectivity index (χ2n) is 7.15. The van der Waals surface area contributed by atoms with Gasteiger partial charge in [0.2, 0.25) is 11.8 Å². The van der Waals surface area contributed by atoms with E-state index in [1.165, 1.54) is 0 Å². The van der Waals surface area contributed by atoms with E-state index in [9.17, 15) is 9.59 Å². The van der Waals surface area contributed by atoms with Gasteiger partial charge in [0, 0.05) is 27.1 Å². The van der Waals surface area contributed by atoms with E-state index in [4.69, 9.17) is 4.74 Å². The fraction of sp³-hybridized carbons (Fsp3) is 0.579. The molecule has 1 aliphatic heterocycles. The predicted molar refractivity (Wildman–Crippen MR) is 94.2 cm³/mol. The quantitative estimate of drug-likeness (QED) is 0.856. The minimum absolute atomic E-state index is 0.0101. The van der Waals surface area contributed by atoms with Crippen LogP contribution in [-0.4, -0.2) is 37.6 Å². The highest BCUT2D eigenvalue weighted by molar-refractivity contribution is 6.02. The first kappa shape index (κ1) is 17.0. The summed E-state index contributed by atoms with van der Waals surface area (Å²) in [5, 5.41) is 0. The summed E-state index contributed by atoms with van der Waals surface area (Å²) in [5.41, 5.74) is 1.36. The Morgan fingerprint density at radius 2 is 1.75 bits per heavy atom. The fourth-order valence-corrected chi connectivity index (χ4v) is 3.73. The molecule has 0 aromatic heterocycles. The summed E-state index contributed by atoms with van der Waals surface area (Å²) in [7, 11) is 1.70. The van der Waals surface area contributed by atoms with Crippen molar-refractivity contribution in [3.63, 3.8) is 0 Å². The molecule has 3 rings (SSSR count). The van der Waals surface area contributed by atoms with Crippen LogP contribution in [0.15, 0.2) is 24.3 Å². The van der Waals surface area contributed by atoms with Crippen molar-refractivity contribution in [1.29, 1.82) is 0 Å². The molecule has 1 aliphatic carbocycles. The highest BCUT2D eigenvalue weighted by Crippen LogP contribution is 2.40. The number of hydrogen-bond acceptors (Lipinski definition) is 3. The van der Waals surface area contributed by atoms with Gasteiger partial charge in [-0.25, -0.2) is 0 Å². The first-order chi connectivity index (χ1) is 11.5. The van der Waals surface area contributed by atoms with Crippen molar-refractivity contribution in [1.82, 2.24) is 0 Å². The van der Waals surface area contributed by atoms with Crippen LogP contribution in [0.4, 0.5) is 11.4 Å². The van der Waals surface area contributed by atoms with Crippen LogP contribution < -0.4 is 9.80 Å². The smallest absolute Gasteiger partial charge is 0.229 e. The Kier molecular flexibility index (Phi) is 4.63. The lowest BCUT2D eigenvalue weighted by Crippen LogP contribution is -2.46. The molecule has 1 heterocycles. The second-order valence-corrected chi connectivity index (χ2v) is 7.15. The van der Waals surface area contributed by atoms with E-state index < -0.39 is 0 Å². The van der Waals surface area contributed by atoms with E-state index in [-0.39, 0.29) is 23.3 Å². The highest BCUT2D eigenvalue weighted by atomic mass is 16.5. The number of anilines is 2. The third-order valence-corrected chi connectivity index (χ3v) is 5.30. The van der Waals surface area contributed by atoms with E-state index in [1.54, 1.807) is 18.9 Å². The van der Waals surface area contributed by atoms with Crippen LogP contribution >= 0.6 is 0 Å². The van der Waals surface area contributed by atoms with Crippen LogP contribution in [0.25, 0.3) is 0 Å². The van der Waals surface area contributed by atoms with Crippen LogP contribution in [0.3, 0.4) is 0 Å². The maximum Gasteiger partial charge on any atom is 0.229 e. The number of carbonyl (C=O) groups excluding carboxylic acids is 2. The number of benzene rings is 1. The van der Waals surface area contributed by atoms with Gasteiger partial charge < -0.3 is 14.5 Å². The molecule has 2 aliphatic rings. The van der Waals surface area contributed by atoms with Crippen LogP contribution in [-0.2, 0) is 14.3 Å². The van der Waals surface area contributed by atoms with Crippen molar-refractivity contribution in [2.45, 2.75) is 45.1 Å². The van der Waals surface area contributed by atoms with E-state index >= 15 is 0 Å². The minimum Gasteiger partial charge on any atom is -0.378 e. The number of amides is 2. The summed E-state index contributed by atoms with van der Waals surface area (Å²) in [4.78, 5) is 28.7. The maximum atomic E-state index is 13.0. The zero-order chi connectivity index (χ0) is 17.3. The van der Waals surface area contributed by atoms with Gasteiger partial charge in [-0.1, -0.05) is 19.1 Å². The summed E-state index contributed by atoms with van der Waals surface area (Å²) in [6.07, 6.45) is 3.41. The normalized spacial score (nSPS) is 22.4. The average Bonchev–Trinajstić information content (AvgIpc) is 2.68. The van der Waals surface area contributed by atoms with Crippen molar-refractivity contribution in [2.75, 3.05) is 30.0 Å². The monoisotopic (exact) mass is 330 g/mol. The van der Waals surface area contributed by atoms with Crippen LogP contribution in [0.2, 0.25) is 0 Å². The van der Waals surface area contributed by atoms with Crippen molar-refractivity contribution in [3.05, 3.63) is 24.3 Å². The molecule has 0 saturated heterocycles. The Bertz CT molecular complexity index is 634. The molecule has 1 unspecified atom stereocenters. The Morgan fingerprint density at radius 3 is 2.25 bits per heavy atom. The van der Waals surface area contributed by atoms with E-state index in [0.29, 0.717) is 19.5 Å². The number of ether oxygens (including phenoxy) is 1. The van der Waals surface area contributed by atoms with Crippen molar-refractivity contribution >= 4 is 23.2 Å². The first-order valence-electron chi connectivity index (χ1n) is 8.68. The zero-order valence-electron chi connectivity index (χ0n) is 14.7. The summed E-state index contributed by atoms with van der Waals surface area (Å²) >= 11 is 0. The first-order valence-corrected chi connectivity index (χ1v) is 8.68. The van der Waals surface area contributed by atoms with E-state index in [1.807, 2.05) is 29.2 Å². The maximum absolute atomic E-state index is 13.0. The SMILES string of the molecule is COC1(CC(=O)N2CC(C)CN(C(C)=O)c3ccccc32)CCC1. The summed E-state index contributed by atoms with van der Waals surface area (Å²) in [6, 6.07) is 7.69. The molecule has 2 amide bonds. The molecule has 24 heavy (non-hydrogen) atoms. The third kappa shape index (κ3) is 3.05. The lowest BCUT2D eigenvalue weighted by molar-refractivity contribution is -0.131. The Hall–Kier alpha value is -1.88. The van der Waals surface area contributed by atoms with Crippen molar-refractivity contribution < 1.29 is 14.3 Å². The van der Waals surface area contributed by atoms with Gasteiger partial charge in [0.25, 0.3) is 0 Å². The molecule has 0 radical (unpaired) electrons. The van der Waals surface area contributed by atoms with Gasteiger partial charge in [-0.2, -0.15) is 0 Å². The van der Waals surface area contributed by atoms with Gasteiger partial charge >= 0.3 is 0 Å².